The zero-order valence-electron chi connectivity index (χ0n) is 14.6. The molecule has 0 amide bonds. The summed E-state index contributed by atoms with van der Waals surface area (Å²) in [5.74, 6) is -0.372. The monoisotopic (exact) mass is 402 g/mol. The SMILES string of the molecule is CCCCOC(=O)c1c(OC)ccc(Br)c1OC(=O)OC(C)(C)C. The van der Waals surface area contributed by atoms with Gasteiger partial charge in [-0.1, -0.05) is 13.3 Å². The lowest BCUT2D eigenvalue weighted by molar-refractivity contribution is 0.0200. The van der Waals surface area contributed by atoms with Crippen molar-refractivity contribution in [1.82, 2.24) is 0 Å². The van der Waals surface area contributed by atoms with Crippen molar-refractivity contribution in [1.29, 1.82) is 0 Å². The third-order valence-electron chi connectivity index (χ3n) is 2.80. The van der Waals surface area contributed by atoms with Crippen molar-refractivity contribution in [2.75, 3.05) is 13.7 Å². The molecule has 7 heteroatoms. The summed E-state index contributed by atoms with van der Waals surface area (Å²) < 4.78 is 21.2. The molecule has 0 N–H and O–H groups in total. The normalized spacial score (nSPS) is 10.9. The number of ether oxygens (including phenoxy) is 4. The number of hydrogen-bond donors (Lipinski definition) is 0. The van der Waals surface area contributed by atoms with Gasteiger partial charge >= 0.3 is 12.1 Å². The first kappa shape index (κ1) is 20.3. The minimum Gasteiger partial charge on any atom is -0.496 e. The van der Waals surface area contributed by atoms with E-state index in [0.717, 1.165) is 12.8 Å². The molecule has 0 radical (unpaired) electrons. The van der Waals surface area contributed by atoms with E-state index in [0.29, 0.717) is 4.47 Å². The second-order valence-electron chi connectivity index (χ2n) is 6.01. The van der Waals surface area contributed by atoms with Gasteiger partial charge < -0.3 is 18.9 Å². The van der Waals surface area contributed by atoms with Crippen LogP contribution >= 0.6 is 15.9 Å². The van der Waals surface area contributed by atoms with Crippen molar-refractivity contribution in [3.8, 4) is 11.5 Å². The average Bonchev–Trinajstić information content (AvgIpc) is 2.47. The second-order valence-corrected chi connectivity index (χ2v) is 6.86. The van der Waals surface area contributed by atoms with Gasteiger partial charge in [0.1, 0.15) is 16.9 Å². The molecular formula is C17H23BrO6. The summed E-state index contributed by atoms with van der Waals surface area (Å²) in [5.41, 5.74) is -0.682. The van der Waals surface area contributed by atoms with Crippen molar-refractivity contribution in [3.63, 3.8) is 0 Å². The average molecular weight is 403 g/mol. The molecule has 134 valence electrons. The second kappa shape index (κ2) is 8.92. The lowest BCUT2D eigenvalue weighted by atomic mass is 10.1. The van der Waals surface area contributed by atoms with Crippen LogP contribution in [-0.2, 0) is 9.47 Å². The highest BCUT2D eigenvalue weighted by Crippen LogP contribution is 2.37. The Labute approximate surface area is 150 Å². The fourth-order valence-electron chi connectivity index (χ4n) is 1.74. The Morgan fingerprint density at radius 3 is 2.42 bits per heavy atom. The van der Waals surface area contributed by atoms with E-state index in [9.17, 15) is 9.59 Å². The Balaban J connectivity index is 3.13. The van der Waals surface area contributed by atoms with E-state index in [1.807, 2.05) is 6.92 Å². The number of halogens is 1. The van der Waals surface area contributed by atoms with E-state index in [4.69, 9.17) is 18.9 Å². The zero-order valence-corrected chi connectivity index (χ0v) is 16.2. The topological polar surface area (TPSA) is 71.1 Å². The number of hydrogen-bond acceptors (Lipinski definition) is 6. The number of carbonyl (C=O) groups is 2. The van der Waals surface area contributed by atoms with Crippen LogP contribution in [0.25, 0.3) is 0 Å². The van der Waals surface area contributed by atoms with Crippen LogP contribution in [0, 0.1) is 0 Å². The summed E-state index contributed by atoms with van der Waals surface area (Å²) >= 11 is 3.27. The number of methoxy groups -OCH3 is 1. The highest BCUT2D eigenvalue weighted by Gasteiger charge is 2.27. The van der Waals surface area contributed by atoms with Gasteiger partial charge in [0.25, 0.3) is 0 Å². The van der Waals surface area contributed by atoms with Gasteiger partial charge in [-0.3, -0.25) is 0 Å². The van der Waals surface area contributed by atoms with Crippen LogP contribution in [0.5, 0.6) is 11.5 Å². The Bertz CT molecular complexity index is 591. The third-order valence-corrected chi connectivity index (χ3v) is 3.43. The summed E-state index contributed by atoms with van der Waals surface area (Å²) in [5, 5.41) is 0. The fraction of sp³-hybridized carbons (Fsp3) is 0.529. The van der Waals surface area contributed by atoms with Crippen LogP contribution in [-0.4, -0.2) is 31.4 Å². The van der Waals surface area contributed by atoms with E-state index < -0.39 is 17.7 Å². The molecule has 0 atom stereocenters. The van der Waals surface area contributed by atoms with Crippen LogP contribution in [0.1, 0.15) is 50.9 Å². The van der Waals surface area contributed by atoms with E-state index in [-0.39, 0.29) is 23.7 Å². The summed E-state index contributed by atoms with van der Waals surface area (Å²) in [6.45, 7) is 7.42. The largest absolute Gasteiger partial charge is 0.514 e. The Morgan fingerprint density at radius 1 is 1.21 bits per heavy atom. The molecule has 0 fully saturated rings. The molecule has 1 aromatic rings. The van der Waals surface area contributed by atoms with E-state index >= 15 is 0 Å². The van der Waals surface area contributed by atoms with E-state index in [1.165, 1.54) is 7.11 Å². The van der Waals surface area contributed by atoms with Crippen molar-refractivity contribution in [3.05, 3.63) is 22.2 Å². The predicted molar refractivity (Wildman–Crippen MR) is 92.7 cm³/mol. The maximum absolute atomic E-state index is 12.4. The molecule has 1 rings (SSSR count). The minimum atomic E-state index is -0.918. The van der Waals surface area contributed by atoms with Gasteiger partial charge in [-0.15, -0.1) is 0 Å². The van der Waals surface area contributed by atoms with Gasteiger partial charge in [0.05, 0.1) is 18.2 Å². The van der Waals surface area contributed by atoms with Crippen LogP contribution < -0.4 is 9.47 Å². The van der Waals surface area contributed by atoms with E-state index in [1.54, 1.807) is 32.9 Å². The summed E-state index contributed by atoms with van der Waals surface area (Å²) in [4.78, 5) is 24.3. The smallest absolute Gasteiger partial charge is 0.496 e. The Kier molecular flexibility index (Phi) is 7.54. The first-order valence-electron chi connectivity index (χ1n) is 7.64. The standard InChI is InChI=1S/C17H23BrO6/c1-6-7-10-22-15(19)13-12(21-5)9-8-11(18)14(13)23-16(20)24-17(2,3)4/h8-9H,6-7,10H2,1-5H3. The van der Waals surface area contributed by atoms with Gasteiger partial charge in [0.2, 0.25) is 0 Å². The van der Waals surface area contributed by atoms with Crippen LogP contribution in [0.15, 0.2) is 16.6 Å². The molecule has 1 aromatic carbocycles. The molecule has 0 spiro atoms. The maximum atomic E-state index is 12.4. The minimum absolute atomic E-state index is 0.00472. The third kappa shape index (κ3) is 6.03. The molecule has 0 aliphatic carbocycles. The first-order chi connectivity index (χ1) is 11.2. The predicted octanol–water partition coefficient (Wildman–Crippen LogP) is 4.73. The summed E-state index contributed by atoms with van der Waals surface area (Å²) in [7, 11) is 1.42. The molecule has 0 aromatic heterocycles. The van der Waals surface area contributed by atoms with Crippen molar-refractivity contribution >= 4 is 28.1 Å². The van der Waals surface area contributed by atoms with Gasteiger partial charge in [-0.05, 0) is 55.3 Å². The molecule has 6 nitrogen and oxygen atoms in total. The lowest BCUT2D eigenvalue weighted by Crippen LogP contribution is -2.26. The highest BCUT2D eigenvalue weighted by molar-refractivity contribution is 9.10. The molecular weight excluding hydrogens is 380 g/mol. The summed E-state index contributed by atoms with van der Waals surface area (Å²) in [6, 6.07) is 3.20. The molecule has 0 saturated carbocycles. The molecule has 0 aliphatic rings. The van der Waals surface area contributed by atoms with Crippen molar-refractivity contribution < 1.29 is 28.5 Å². The van der Waals surface area contributed by atoms with E-state index in [2.05, 4.69) is 15.9 Å². The van der Waals surface area contributed by atoms with Crippen LogP contribution in [0.2, 0.25) is 0 Å². The quantitative estimate of drug-likeness (QED) is 0.389. The Hall–Kier alpha value is -1.76. The molecule has 0 unspecified atom stereocenters. The van der Waals surface area contributed by atoms with Crippen LogP contribution in [0.3, 0.4) is 0 Å². The highest BCUT2D eigenvalue weighted by atomic mass is 79.9. The molecule has 0 bridgehead atoms. The number of carbonyl (C=O) groups excluding carboxylic acids is 2. The first-order valence-corrected chi connectivity index (χ1v) is 8.43. The van der Waals surface area contributed by atoms with Gasteiger partial charge in [-0.2, -0.15) is 0 Å². The molecule has 24 heavy (non-hydrogen) atoms. The maximum Gasteiger partial charge on any atom is 0.514 e. The van der Waals surface area contributed by atoms with Gasteiger partial charge in [0, 0.05) is 0 Å². The number of unbranched alkanes of at least 4 members (excludes halogenated alkanes) is 1. The molecule has 0 heterocycles. The number of rotatable bonds is 6. The van der Waals surface area contributed by atoms with Gasteiger partial charge in [-0.25, -0.2) is 9.59 Å². The number of esters is 1. The zero-order chi connectivity index (χ0) is 18.3. The van der Waals surface area contributed by atoms with Crippen molar-refractivity contribution in [2.45, 2.75) is 46.1 Å². The fourth-order valence-corrected chi connectivity index (χ4v) is 2.15. The van der Waals surface area contributed by atoms with Crippen molar-refractivity contribution in [2.24, 2.45) is 0 Å². The van der Waals surface area contributed by atoms with Crippen LogP contribution in [0.4, 0.5) is 4.79 Å². The summed E-state index contributed by atoms with van der Waals surface area (Å²) in [6.07, 6.45) is 0.716. The molecule has 0 saturated heterocycles. The van der Waals surface area contributed by atoms with Gasteiger partial charge in [0.15, 0.2) is 5.75 Å². The molecule has 0 aliphatic heterocycles. The number of benzene rings is 1. The lowest BCUT2D eigenvalue weighted by Gasteiger charge is -2.20. The Morgan fingerprint density at radius 2 is 1.88 bits per heavy atom.